The van der Waals surface area contributed by atoms with Gasteiger partial charge >= 0.3 is 29.8 Å². The molecule has 1 atom stereocenters. The van der Waals surface area contributed by atoms with E-state index in [1.165, 1.54) is 31.9 Å². The zero-order valence-corrected chi connectivity index (χ0v) is 24.0. The van der Waals surface area contributed by atoms with Crippen molar-refractivity contribution in [3.05, 3.63) is 111 Å². The molecule has 0 saturated carbocycles. The number of hydrogen-bond acceptors (Lipinski definition) is 5. The Kier molecular flexibility index (Phi) is 7.83. The first kappa shape index (κ1) is 31.5. The van der Waals surface area contributed by atoms with Crippen molar-refractivity contribution in [2.75, 3.05) is 18.6 Å². The first-order valence-corrected chi connectivity index (χ1v) is 13.5. The van der Waals surface area contributed by atoms with Gasteiger partial charge in [-0.2, -0.15) is 30.9 Å². The fourth-order valence-electron chi connectivity index (χ4n) is 5.36. The van der Waals surface area contributed by atoms with E-state index in [1.807, 2.05) is 0 Å². The second-order valence-electron chi connectivity index (χ2n) is 10.8. The van der Waals surface area contributed by atoms with E-state index < -0.39 is 58.3 Å². The number of alkyl halides is 6. The number of rotatable bonds is 7. The van der Waals surface area contributed by atoms with E-state index in [2.05, 4.69) is 0 Å². The van der Waals surface area contributed by atoms with Gasteiger partial charge in [-0.3, -0.25) is 4.90 Å². The maximum atomic E-state index is 14.0. The molecule has 2 heterocycles. The van der Waals surface area contributed by atoms with Crippen molar-refractivity contribution in [2.24, 2.45) is 0 Å². The number of anilines is 1. The lowest BCUT2D eigenvalue weighted by molar-refractivity contribution is -0.138. The normalized spacial score (nSPS) is 16.8. The third kappa shape index (κ3) is 5.81. The summed E-state index contributed by atoms with van der Waals surface area (Å²) >= 11 is 0. The summed E-state index contributed by atoms with van der Waals surface area (Å²) in [5, 5.41) is 0. The molecule has 1 aliphatic heterocycles. The monoisotopic (exact) mass is 636 g/mol. The van der Waals surface area contributed by atoms with E-state index in [1.54, 1.807) is 24.3 Å². The molecule has 1 unspecified atom stereocenters. The summed E-state index contributed by atoms with van der Waals surface area (Å²) in [7, 11) is 1.50. The van der Waals surface area contributed by atoms with Crippen LogP contribution in [0.25, 0.3) is 5.69 Å². The van der Waals surface area contributed by atoms with Gasteiger partial charge in [0.15, 0.2) is 6.17 Å². The number of urea groups is 1. The highest BCUT2D eigenvalue weighted by molar-refractivity contribution is 5.95. The average Bonchev–Trinajstić information content (AvgIpc) is 3.37. The number of methoxy groups -OCH3 is 1. The minimum Gasteiger partial charge on any atom is -0.497 e. The number of aromatic nitrogens is 2. The van der Waals surface area contributed by atoms with Gasteiger partial charge in [0.25, 0.3) is 0 Å². The van der Waals surface area contributed by atoms with Crippen molar-refractivity contribution >= 4 is 11.7 Å². The van der Waals surface area contributed by atoms with Crippen LogP contribution >= 0.6 is 0 Å². The number of hydrogen-bond donors (Lipinski definition) is 0. The van der Waals surface area contributed by atoms with Crippen LogP contribution in [0.2, 0.25) is 0 Å². The maximum Gasteiger partial charge on any atom is 0.447 e. The minimum absolute atomic E-state index is 0.0391. The standard InChI is InChI=1S/C30H26F6N4O5/c1-28(2)24(40-26(42)39(27(43)45-40)22-9-5-7-20(17-22)30(34,35)36)38(21-8-4-6-19(16-21)29(31,32)33)25(41)37(28)15-14-18-10-12-23(44-3)13-11-18/h4-13,16-17,24H,14-15H2,1-3H3. The molecule has 45 heavy (non-hydrogen) atoms. The van der Waals surface area contributed by atoms with Crippen LogP contribution in [-0.2, 0) is 18.8 Å². The van der Waals surface area contributed by atoms with E-state index >= 15 is 0 Å². The second-order valence-corrected chi connectivity index (χ2v) is 10.8. The summed E-state index contributed by atoms with van der Waals surface area (Å²) in [4.78, 5) is 42.9. The molecule has 9 nitrogen and oxygen atoms in total. The number of nitrogens with zero attached hydrogens (tertiary/aromatic N) is 4. The van der Waals surface area contributed by atoms with E-state index in [0.29, 0.717) is 27.5 Å². The Morgan fingerprint density at radius 3 is 1.93 bits per heavy atom. The van der Waals surface area contributed by atoms with Gasteiger partial charge in [0.2, 0.25) is 0 Å². The summed E-state index contributed by atoms with van der Waals surface area (Å²) < 4.78 is 92.4. The first-order valence-electron chi connectivity index (χ1n) is 13.5. The highest BCUT2D eigenvalue weighted by Gasteiger charge is 2.55. The Bertz CT molecular complexity index is 1840. The third-order valence-corrected chi connectivity index (χ3v) is 7.64. The highest BCUT2D eigenvalue weighted by Crippen LogP contribution is 2.43. The number of ether oxygens (including phenoxy) is 1. The third-order valence-electron chi connectivity index (χ3n) is 7.64. The van der Waals surface area contributed by atoms with Crippen molar-refractivity contribution in [3.8, 4) is 11.4 Å². The number of carbonyl (C=O) groups excluding carboxylic acids is 1. The van der Waals surface area contributed by atoms with Crippen molar-refractivity contribution < 1.29 is 40.4 Å². The van der Waals surface area contributed by atoms with Crippen LogP contribution in [0.5, 0.6) is 5.75 Å². The molecule has 2 amide bonds. The molecule has 1 aromatic heterocycles. The first-order chi connectivity index (χ1) is 21.0. The van der Waals surface area contributed by atoms with Crippen LogP contribution in [0.1, 0.15) is 36.7 Å². The molecule has 1 saturated heterocycles. The van der Waals surface area contributed by atoms with Crippen LogP contribution in [-0.4, -0.2) is 39.4 Å². The van der Waals surface area contributed by atoms with Gasteiger partial charge in [-0.1, -0.05) is 24.3 Å². The molecular formula is C30H26F6N4O5. The molecule has 3 aromatic carbocycles. The lowest BCUT2D eigenvalue weighted by atomic mass is 9.99. The van der Waals surface area contributed by atoms with Crippen molar-refractivity contribution in [3.63, 3.8) is 0 Å². The Hall–Kier alpha value is -4.95. The zero-order chi connectivity index (χ0) is 32.9. The number of carbonyl (C=O) groups is 1. The smallest absolute Gasteiger partial charge is 0.447 e. The molecule has 1 fully saturated rings. The zero-order valence-electron chi connectivity index (χ0n) is 24.0. The molecule has 238 valence electrons. The highest BCUT2D eigenvalue weighted by atomic mass is 19.4. The van der Waals surface area contributed by atoms with Gasteiger partial charge in [-0.25, -0.2) is 14.4 Å². The fourth-order valence-corrected chi connectivity index (χ4v) is 5.36. The summed E-state index contributed by atoms with van der Waals surface area (Å²) in [5.41, 5.74) is -4.75. The van der Waals surface area contributed by atoms with E-state index in [9.17, 15) is 40.7 Å². The van der Waals surface area contributed by atoms with Gasteiger partial charge in [-0.15, -0.1) is 4.74 Å². The van der Waals surface area contributed by atoms with E-state index in [4.69, 9.17) is 9.26 Å². The Balaban J connectivity index is 1.63. The minimum atomic E-state index is -4.78. The summed E-state index contributed by atoms with van der Waals surface area (Å²) in [6.07, 6.45) is -10.8. The molecule has 0 spiro atoms. The summed E-state index contributed by atoms with van der Waals surface area (Å²) in [5.74, 6) is -0.755. The van der Waals surface area contributed by atoms with Crippen molar-refractivity contribution in [1.29, 1.82) is 0 Å². The quantitative estimate of drug-likeness (QED) is 0.229. The van der Waals surface area contributed by atoms with Gasteiger partial charge in [0, 0.05) is 12.2 Å². The molecule has 5 rings (SSSR count). The lowest BCUT2D eigenvalue weighted by Gasteiger charge is -2.34. The number of benzene rings is 3. The van der Waals surface area contributed by atoms with Crippen LogP contribution in [0.4, 0.5) is 36.8 Å². The van der Waals surface area contributed by atoms with Gasteiger partial charge in [-0.05, 0) is 74.4 Å². The summed E-state index contributed by atoms with van der Waals surface area (Å²) in [6.45, 7) is 3.11. The maximum absolute atomic E-state index is 14.0. The van der Waals surface area contributed by atoms with Crippen molar-refractivity contribution in [2.45, 2.75) is 44.3 Å². The number of halogens is 6. The van der Waals surface area contributed by atoms with Crippen LogP contribution in [0.15, 0.2) is 86.9 Å². The molecule has 0 N–H and O–H groups in total. The van der Waals surface area contributed by atoms with Gasteiger partial charge in [0.05, 0.1) is 29.5 Å². The van der Waals surface area contributed by atoms with Crippen LogP contribution in [0.3, 0.4) is 0 Å². The number of amides is 2. The molecule has 0 radical (unpaired) electrons. The largest absolute Gasteiger partial charge is 0.497 e. The van der Waals surface area contributed by atoms with Crippen LogP contribution in [0, 0.1) is 0 Å². The summed E-state index contributed by atoms with van der Waals surface area (Å²) in [6, 6.07) is 13.5. The fraction of sp³-hybridized carbons (Fsp3) is 0.300. The van der Waals surface area contributed by atoms with Gasteiger partial charge in [0.1, 0.15) is 5.75 Å². The lowest BCUT2D eigenvalue weighted by Crippen LogP contribution is -2.47. The molecule has 0 aliphatic carbocycles. The van der Waals surface area contributed by atoms with E-state index in [-0.39, 0.29) is 12.2 Å². The Morgan fingerprint density at radius 2 is 1.38 bits per heavy atom. The van der Waals surface area contributed by atoms with Crippen molar-refractivity contribution in [1.82, 2.24) is 14.2 Å². The molecule has 0 bridgehead atoms. The predicted octanol–water partition coefficient (Wildman–Crippen LogP) is 6.10. The topological polar surface area (TPSA) is 89.9 Å². The molecule has 15 heteroatoms. The predicted molar refractivity (Wildman–Crippen MR) is 149 cm³/mol. The Labute approximate surface area is 251 Å². The Morgan fingerprint density at radius 1 is 0.822 bits per heavy atom. The average molecular weight is 637 g/mol. The SMILES string of the molecule is COc1ccc(CCN2C(=O)N(c3cccc(C(F)(F)F)c3)C(n3oc(=O)n(-c4cccc(C(F)(F)F)c4)c3=O)C2(C)C)cc1. The molecule has 4 aromatic rings. The van der Waals surface area contributed by atoms with E-state index in [0.717, 1.165) is 46.9 Å². The molecule has 1 aliphatic rings. The van der Waals surface area contributed by atoms with Crippen LogP contribution < -0.4 is 21.1 Å². The second kappa shape index (κ2) is 11.2. The van der Waals surface area contributed by atoms with Gasteiger partial charge < -0.3 is 14.2 Å². The molecular weight excluding hydrogens is 610 g/mol.